The highest BCUT2D eigenvalue weighted by atomic mass is 28.3. The van der Waals surface area contributed by atoms with Gasteiger partial charge in [0, 0.05) is 32.2 Å². The lowest BCUT2D eigenvalue weighted by Crippen LogP contribution is -2.50. The van der Waals surface area contributed by atoms with Crippen molar-refractivity contribution in [3.8, 4) is 0 Å². The zero-order valence-electron chi connectivity index (χ0n) is 25.4. The number of carbonyl (C=O) groups is 5. The molecule has 0 aromatic carbocycles. The Bertz CT molecular complexity index is 648. The van der Waals surface area contributed by atoms with Gasteiger partial charge in [-0.3, -0.25) is 9.59 Å². The summed E-state index contributed by atoms with van der Waals surface area (Å²) in [5.74, 6) is 4.93. The van der Waals surface area contributed by atoms with Crippen molar-refractivity contribution in [1.29, 1.82) is 0 Å². The fourth-order valence-corrected chi connectivity index (χ4v) is 3.51. The van der Waals surface area contributed by atoms with Gasteiger partial charge in [0.05, 0.1) is 0 Å². The third kappa shape index (κ3) is 18.6. The van der Waals surface area contributed by atoms with Gasteiger partial charge in [0.25, 0.3) is 8.68 Å². The predicted molar refractivity (Wildman–Crippen MR) is 151 cm³/mol. The summed E-state index contributed by atoms with van der Waals surface area (Å²) < 4.78 is 14.7. The van der Waals surface area contributed by atoms with Gasteiger partial charge >= 0.3 is 11.9 Å². The molecule has 232 valence electrons. The van der Waals surface area contributed by atoms with Crippen LogP contribution in [0.25, 0.3) is 0 Å². The lowest BCUT2D eigenvalue weighted by Gasteiger charge is -2.38. The van der Waals surface area contributed by atoms with Gasteiger partial charge in [0.1, 0.15) is 29.7 Å². The van der Waals surface area contributed by atoms with Crippen LogP contribution in [0.1, 0.15) is 74.7 Å². The Morgan fingerprint density at radius 1 is 0.872 bits per heavy atom. The van der Waals surface area contributed by atoms with Gasteiger partial charge in [-0.05, 0) is 45.2 Å². The molecule has 0 spiro atoms. The first-order valence-corrected chi connectivity index (χ1v) is 15.0. The topological polar surface area (TPSA) is 234 Å². The lowest BCUT2D eigenvalue weighted by atomic mass is 9.62. The minimum atomic E-state index is -1.54. The number of hydrogen-bond donors (Lipinski definition) is 4. The molecule has 0 aromatic heterocycles. The third-order valence-electron chi connectivity index (χ3n) is 5.70. The zero-order valence-corrected chi connectivity index (χ0v) is 26.4. The second kappa shape index (κ2) is 30.3. The van der Waals surface area contributed by atoms with Crippen LogP contribution in [0.5, 0.6) is 0 Å². The molecule has 0 bridgehead atoms. The van der Waals surface area contributed by atoms with Crippen LogP contribution in [-0.2, 0) is 42.8 Å². The quantitative estimate of drug-likeness (QED) is 0.137. The van der Waals surface area contributed by atoms with E-state index in [1.54, 1.807) is 41.2 Å². The summed E-state index contributed by atoms with van der Waals surface area (Å²) in [5.41, 5.74) is 8.21. The maximum atomic E-state index is 12.5. The first-order valence-electron chi connectivity index (χ1n) is 12.9. The SMILES string of the molecule is C=O.CCC(=O)C(C(=O)ON)C(C)[C@H](C)C(CC)(C(=O)CC)C(=O)ON.CCN.CCOCC.C[Si](=O)CN. The molecule has 8 N–H and O–H groups in total. The van der Waals surface area contributed by atoms with E-state index in [0.717, 1.165) is 19.8 Å². The normalized spacial score (nSPS) is 13.2. The first kappa shape index (κ1) is 46.6. The number of Topliss-reactive ketones (excluding diaryl/α,β-unsaturated/α-hetero) is 2. The monoisotopic (exact) mass is 582 g/mol. The number of ketones is 2. The Balaban J connectivity index is -0.000000210. The fourth-order valence-electron chi connectivity index (χ4n) is 3.51. The lowest BCUT2D eigenvalue weighted by molar-refractivity contribution is -0.171. The van der Waals surface area contributed by atoms with Crippen molar-refractivity contribution in [1.82, 2.24) is 0 Å². The summed E-state index contributed by atoms with van der Waals surface area (Å²) in [5, 5.41) is 0. The average molecular weight is 583 g/mol. The Labute approximate surface area is 235 Å². The molecule has 0 rings (SSSR count). The molecule has 0 aliphatic heterocycles. The molecule has 0 saturated carbocycles. The molecule has 0 heterocycles. The fraction of sp³-hybridized carbons (Fsp3) is 0.800. The van der Waals surface area contributed by atoms with E-state index in [1.807, 2.05) is 27.6 Å². The molecule has 0 fully saturated rings. The number of rotatable bonds is 13. The summed E-state index contributed by atoms with van der Waals surface area (Å²) in [4.78, 5) is 65.6. The van der Waals surface area contributed by atoms with E-state index in [9.17, 15) is 23.6 Å². The van der Waals surface area contributed by atoms with Crippen LogP contribution in [0.15, 0.2) is 0 Å². The summed E-state index contributed by atoms with van der Waals surface area (Å²) in [6.07, 6.45) is 0.670. The first-order chi connectivity index (χ1) is 18.3. The summed E-state index contributed by atoms with van der Waals surface area (Å²) in [6, 6.07) is 0. The van der Waals surface area contributed by atoms with Crippen LogP contribution < -0.4 is 23.3 Å². The second-order valence-corrected chi connectivity index (χ2v) is 9.80. The van der Waals surface area contributed by atoms with Gasteiger partial charge in [0.15, 0.2) is 0 Å². The Morgan fingerprint density at radius 2 is 1.28 bits per heavy atom. The van der Waals surface area contributed by atoms with Crippen molar-refractivity contribution in [2.75, 3.05) is 25.9 Å². The van der Waals surface area contributed by atoms with E-state index in [0.29, 0.717) is 6.17 Å². The van der Waals surface area contributed by atoms with E-state index in [-0.39, 0.29) is 30.8 Å². The average Bonchev–Trinajstić information content (AvgIpc) is 2.95. The van der Waals surface area contributed by atoms with Crippen molar-refractivity contribution in [2.45, 2.75) is 81.2 Å². The van der Waals surface area contributed by atoms with E-state index >= 15 is 0 Å². The Morgan fingerprint density at radius 3 is 1.49 bits per heavy atom. The highest BCUT2D eigenvalue weighted by molar-refractivity contribution is 6.40. The highest BCUT2D eigenvalue weighted by Crippen LogP contribution is 2.42. The van der Waals surface area contributed by atoms with Crippen molar-refractivity contribution in [2.24, 2.45) is 46.4 Å². The molecule has 14 heteroatoms. The molecule has 13 nitrogen and oxygen atoms in total. The molecule has 0 aliphatic rings. The highest BCUT2D eigenvalue weighted by Gasteiger charge is 2.53. The van der Waals surface area contributed by atoms with E-state index in [1.165, 1.54) is 0 Å². The van der Waals surface area contributed by atoms with Crippen molar-refractivity contribution in [3.05, 3.63) is 0 Å². The third-order valence-corrected chi connectivity index (χ3v) is 6.28. The van der Waals surface area contributed by atoms with Crippen molar-refractivity contribution in [3.63, 3.8) is 0 Å². The number of nitrogens with two attached hydrogens (primary N) is 4. The molecule has 0 aliphatic carbocycles. The van der Waals surface area contributed by atoms with Crippen LogP contribution in [0, 0.1) is 23.2 Å². The van der Waals surface area contributed by atoms with Crippen molar-refractivity contribution >= 4 is 39.0 Å². The smallest absolute Gasteiger partial charge is 0.338 e. The van der Waals surface area contributed by atoms with Crippen LogP contribution in [-0.4, -0.2) is 64.9 Å². The summed E-state index contributed by atoms with van der Waals surface area (Å²) in [6.45, 7) is 20.1. The summed E-state index contributed by atoms with van der Waals surface area (Å²) in [7, 11) is -1.35. The van der Waals surface area contributed by atoms with E-state index < -0.39 is 43.8 Å². The van der Waals surface area contributed by atoms with E-state index in [4.69, 9.17) is 32.8 Å². The standard InChI is InChI=1S/C16H28N2O6.C4H10O.C2H7NOSi.C2H7N.CH2O/c1-6-11(19)13(14(21)23-17)9(4)10(5)16(8-3,12(20)7-2)15(22)24-18;1-3-5-4-2;1-5(4)2-3;1-2-3;1-2/h9-10,13H,6-8,17-18H2,1-5H3;3-4H2,1-2H3;2-3H2,1H3;2-3H2,1H3;1H2/t9?,10-,13?,16?;;;;/m0..../s1. The van der Waals surface area contributed by atoms with Crippen LogP contribution >= 0.6 is 0 Å². The van der Waals surface area contributed by atoms with Gasteiger partial charge in [-0.25, -0.2) is 9.59 Å². The molecule has 0 aromatic rings. The molecule has 3 unspecified atom stereocenters. The number of carbonyl (C=O) groups excluding carboxylic acids is 5. The molecular formula is C25H54N4O9Si. The molecule has 39 heavy (non-hydrogen) atoms. The second-order valence-electron chi connectivity index (χ2n) is 7.99. The minimum absolute atomic E-state index is 0.0910. The van der Waals surface area contributed by atoms with Gasteiger partial charge in [-0.1, -0.05) is 41.5 Å². The molecule has 0 saturated heterocycles. The largest absolute Gasteiger partial charge is 0.387 e. The van der Waals surface area contributed by atoms with Gasteiger partial charge in [-0.15, -0.1) is 0 Å². The number of hydrogen-bond acceptors (Lipinski definition) is 13. The molecule has 0 radical (unpaired) electrons. The maximum absolute atomic E-state index is 12.5. The minimum Gasteiger partial charge on any atom is -0.387 e. The maximum Gasteiger partial charge on any atom is 0.338 e. The summed E-state index contributed by atoms with van der Waals surface area (Å²) >= 11 is 0. The predicted octanol–water partition coefficient (Wildman–Crippen LogP) is 1.42. The Kier molecular flexibility index (Phi) is 36.2. The van der Waals surface area contributed by atoms with Crippen LogP contribution in [0.4, 0.5) is 0 Å². The zero-order chi connectivity index (χ0) is 32.2. The van der Waals surface area contributed by atoms with Gasteiger partial charge < -0.3 is 35.1 Å². The van der Waals surface area contributed by atoms with Gasteiger partial charge in [-0.2, -0.15) is 11.8 Å². The van der Waals surface area contributed by atoms with Crippen LogP contribution in [0.3, 0.4) is 0 Å². The van der Waals surface area contributed by atoms with E-state index in [2.05, 4.69) is 9.68 Å². The number of ether oxygens (including phenoxy) is 1. The molecule has 4 atom stereocenters. The van der Waals surface area contributed by atoms with Crippen LogP contribution in [0.2, 0.25) is 6.55 Å². The van der Waals surface area contributed by atoms with Crippen molar-refractivity contribution < 1.29 is 42.8 Å². The Hall–Kier alpha value is -2.23. The molecular weight excluding hydrogens is 528 g/mol. The van der Waals surface area contributed by atoms with Gasteiger partial charge in [0.2, 0.25) is 0 Å². The molecule has 0 amide bonds.